The Hall–Kier alpha value is -8.74. The molecule has 25 heteroatoms. The summed E-state index contributed by atoms with van der Waals surface area (Å²) in [5, 5.41) is 25.2. The number of aryl methyl sites for hydroxylation is 1. The van der Waals surface area contributed by atoms with Crippen LogP contribution in [-0.4, -0.2) is 239 Å². The largest absolute Gasteiger partial charge is 0.391 e. The number of aliphatic hydroxyl groups is 1. The number of carbonyl (C=O) groups is 12. The molecule has 3 aromatic rings. The summed E-state index contributed by atoms with van der Waals surface area (Å²) in [6.07, 6.45) is 1.05. The molecular weight excluding hydrogens is 1280 g/mol. The lowest BCUT2D eigenvalue weighted by Gasteiger charge is -2.38. The minimum absolute atomic E-state index is 0.0455. The maximum absolute atomic E-state index is 15.5. The van der Waals surface area contributed by atoms with Crippen molar-refractivity contribution < 1.29 is 62.6 Å². The first kappa shape index (κ1) is 81.9. The van der Waals surface area contributed by atoms with E-state index in [0.717, 1.165) is 21.8 Å². The van der Waals surface area contributed by atoms with Crippen molar-refractivity contribution in [2.45, 2.75) is 206 Å². The van der Waals surface area contributed by atoms with E-state index in [1.54, 1.807) is 93.3 Å². The standard InChI is InChI=1S/C75H112N12O13/c1-46(2)40-57-66(91)77-55(37-29-36-52-30-21-17-22-31-52)71(96)85(15)60(43-54-34-25-19-26-35-54)73(98)86(16)65(49(7)8)69(94)78-56(72(97)87-38-27-20-28-39-87)44-61(89)76-50(9)70(95)83(13)59(42-53-32-23-18-24-33-53)68(93)79-63(48(5)6)75(100)84(14)58(41-47(3)4)67(92)80-64(51(10)88)74(99)81(11)45-62(90)82(57)12/h17-19,21-26,30-35,46-51,55-60,63-65,88H,20,27-29,36-45H2,1-16H3,(H,76,89)(H,77,91)(H,78,94)(H,79,93)(H,80,92)/t50-,51-,55+,56+,57+,58+,59?,60+,63+,64+,65+/m1/s1. The van der Waals surface area contributed by atoms with Crippen molar-refractivity contribution in [3.05, 3.63) is 108 Å². The predicted molar refractivity (Wildman–Crippen MR) is 381 cm³/mol. The number of nitrogens with one attached hydrogen (secondary N) is 5. The minimum Gasteiger partial charge on any atom is -0.391 e. The molecule has 0 spiro atoms. The number of aliphatic hydroxyl groups excluding tert-OH is 1. The smallest absolute Gasteiger partial charge is 0.248 e. The van der Waals surface area contributed by atoms with E-state index in [1.165, 1.54) is 75.7 Å². The molecule has 0 radical (unpaired) electrons. The molecule has 0 bridgehead atoms. The van der Waals surface area contributed by atoms with Crippen molar-refractivity contribution in [3.8, 4) is 0 Å². The zero-order valence-corrected chi connectivity index (χ0v) is 61.7. The van der Waals surface area contributed by atoms with Gasteiger partial charge in [0.15, 0.2) is 0 Å². The van der Waals surface area contributed by atoms with E-state index in [4.69, 9.17) is 0 Å². The molecule has 0 aliphatic carbocycles. The fourth-order valence-electron chi connectivity index (χ4n) is 13.0. The molecule has 5 rings (SSSR count). The highest BCUT2D eigenvalue weighted by Crippen LogP contribution is 2.23. The SMILES string of the molecule is CC(C)C[C@H]1C(=O)N[C@@H](CCCc2ccccc2)C(=O)N(C)[C@@H](Cc2ccccc2)C(=O)N(C)[C@@H](C(C)C)C(=O)N[C@H](C(=O)N2CCCCC2)CC(=O)N[C@H](C)C(=O)N(C)C(Cc2ccccc2)C(=O)N[C@@H](C(C)C)C(=O)N(C)[C@@H](CC(C)C)C(=O)N[C@@H]([C@@H](C)O)C(=O)N(C)CC(=O)N1C. The third-order valence-corrected chi connectivity index (χ3v) is 19.0. The van der Waals surface area contributed by atoms with Crippen LogP contribution in [0.3, 0.4) is 0 Å². The van der Waals surface area contributed by atoms with E-state index >= 15 is 19.2 Å². The monoisotopic (exact) mass is 1390 g/mol. The van der Waals surface area contributed by atoms with E-state index in [9.17, 15) is 43.5 Å². The van der Waals surface area contributed by atoms with Crippen LogP contribution < -0.4 is 26.6 Å². The number of likely N-dealkylation sites (N-methyl/N-ethyl adjacent to an activating group) is 6. The first-order valence-corrected chi connectivity index (χ1v) is 35.3. The van der Waals surface area contributed by atoms with Gasteiger partial charge in [0.25, 0.3) is 0 Å². The topological polar surface area (TPSA) is 308 Å². The molecule has 1 unspecified atom stereocenters. The Kier molecular flexibility index (Phi) is 31.7. The number of amides is 12. The summed E-state index contributed by atoms with van der Waals surface area (Å²) in [5.41, 5.74) is 2.27. The van der Waals surface area contributed by atoms with Gasteiger partial charge in [-0.3, -0.25) is 57.5 Å². The van der Waals surface area contributed by atoms with Crippen LogP contribution in [0.5, 0.6) is 0 Å². The lowest BCUT2D eigenvalue weighted by atomic mass is 9.97. The van der Waals surface area contributed by atoms with E-state index in [2.05, 4.69) is 26.6 Å². The Bertz CT molecular complexity index is 3260. The lowest BCUT2D eigenvalue weighted by molar-refractivity contribution is -0.151. The molecule has 3 aromatic carbocycles. The third-order valence-electron chi connectivity index (χ3n) is 19.0. The molecule has 0 aromatic heterocycles. The molecule has 2 saturated heterocycles. The quantitative estimate of drug-likeness (QED) is 0.119. The van der Waals surface area contributed by atoms with Gasteiger partial charge in [0, 0.05) is 68.2 Å². The molecule has 2 aliphatic heterocycles. The van der Waals surface area contributed by atoms with Crippen LogP contribution in [-0.2, 0) is 76.8 Å². The van der Waals surface area contributed by atoms with Gasteiger partial charge in [-0.25, -0.2) is 0 Å². The highest BCUT2D eigenvalue weighted by Gasteiger charge is 2.44. The Labute approximate surface area is 591 Å². The minimum atomic E-state index is -1.65. The molecular formula is C75H112N12O13. The van der Waals surface area contributed by atoms with Crippen LogP contribution in [0.25, 0.3) is 0 Å². The Morgan fingerprint density at radius 2 is 0.950 bits per heavy atom. The van der Waals surface area contributed by atoms with Crippen molar-refractivity contribution in [2.75, 3.05) is 61.9 Å². The summed E-state index contributed by atoms with van der Waals surface area (Å²) in [7, 11) is 8.36. The van der Waals surface area contributed by atoms with E-state index in [1.807, 2.05) is 58.0 Å². The van der Waals surface area contributed by atoms with Gasteiger partial charge >= 0.3 is 0 Å². The van der Waals surface area contributed by atoms with E-state index in [-0.39, 0.29) is 43.9 Å². The second kappa shape index (κ2) is 38.7. The number of rotatable bonds is 16. The fraction of sp³-hybridized carbons (Fsp3) is 0.600. The molecule has 2 aliphatic rings. The number of benzene rings is 3. The summed E-state index contributed by atoms with van der Waals surface area (Å²) < 4.78 is 0. The van der Waals surface area contributed by atoms with Crippen LogP contribution in [0, 0.1) is 23.7 Å². The van der Waals surface area contributed by atoms with Gasteiger partial charge in [-0.15, -0.1) is 0 Å². The van der Waals surface area contributed by atoms with Crippen LogP contribution >= 0.6 is 0 Å². The molecule has 12 amide bonds. The molecule has 100 heavy (non-hydrogen) atoms. The molecule has 2 heterocycles. The van der Waals surface area contributed by atoms with Crippen molar-refractivity contribution >= 4 is 70.9 Å². The summed E-state index contributed by atoms with van der Waals surface area (Å²) in [6.45, 7) is 16.9. The number of hydrogen-bond donors (Lipinski definition) is 6. The van der Waals surface area contributed by atoms with E-state index in [0.29, 0.717) is 49.9 Å². The average molecular weight is 1390 g/mol. The molecule has 0 saturated carbocycles. The Morgan fingerprint density at radius 1 is 0.480 bits per heavy atom. The summed E-state index contributed by atoms with van der Waals surface area (Å²) in [4.78, 5) is 187. The van der Waals surface area contributed by atoms with Gasteiger partial charge < -0.3 is 66.0 Å². The zero-order chi connectivity index (χ0) is 74.4. The molecule has 2 fully saturated rings. The number of nitrogens with zero attached hydrogens (tertiary/aromatic N) is 7. The zero-order valence-electron chi connectivity index (χ0n) is 61.7. The normalized spacial score (nSPS) is 24.9. The number of piperidine rings is 1. The van der Waals surface area contributed by atoms with Gasteiger partial charge in [-0.1, -0.05) is 146 Å². The molecule has 550 valence electrons. The second-order valence-electron chi connectivity index (χ2n) is 28.7. The molecule has 11 atom stereocenters. The number of likely N-dealkylation sites (tertiary alicyclic amines) is 1. The van der Waals surface area contributed by atoms with Crippen LogP contribution in [0.15, 0.2) is 91.0 Å². The predicted octanol–water partition coefficient (Wildman–Crippen LogP) is 3.73. The maximum Gasteiger partial charge on any atom is 0.248 e. The van der Waals surface area contributed by atoms with Crippen molar-refractivity contribution in [2.24, 2.45) is 23.7 Å². The van der Waals surface area contributed by atoms with Gasteiger partial charge in [0.2, 0.25) is 70.9 Å². The van der Waals surface area contributed by atoms with Gasteiger partial charge in [-0.05, 0) is 106 Å². The number of hydrogen-bond acceptors (Lipinski definition) is 13. The van der Waals surface area contributed by atoms with Crippen LogP contribution in [0.4, 0.5) is 0 Å². The first-order chi connectivity index (χ1) is 47.1. The van der Waals surface area contributed by atoms with Gasteiger partial charge in [-0.2, -0.15) is 0 Å². The first-order valence-electron chi connectivity index (χ1n) is 35.3. The van der Waals surface area contributed by atoms with Crippen molar-refractivity contribution in [1.82, 2.24) is 60.9 Å². The van der Waals surface area contributed by atoms with Gasteiger partial charge in [0.1, 0.15) is 60.4 Å². The summed E-state index contributed by atoms with van der Waals surface area (Å²) in [5.74, 6) is -10.4. The van der Waals surface area contributed by atoms with Gasteiger partial charge in [0.05, 0.1) is 19.1 Å². The summed E-state index contributed by atoms with van der Waals surface area (Å²) in [6, 6.07) is 13.8. The fourth-order valence-corrected chi connectivity index (χ4v) is 13.0. The highest BCUT2D eigenvalue weighted by atomic mass is 16.3. The average Bonchev–Trinajstić information content (AvgIpc) is 0.812. The lowest BCUT2D eigenvalue weighted by Crippen LogP contribution is -2.62. The van der Waals surface area contributed by atoms with Crippen LogP contribution in [0.2, 0.25) is 0 Å². The third kappa shape index (κ3) is 23.2. The summed E-state index contributed by atoms with van der Waals surface area (Å²) >= 11 is 0. The second-order valence-corrected chi connectivity index (χ2v) is 28.7. The molecule has 6 N–H and O–H groups in total. The highest BCUT2D eigenvalue weighted by molar-refractivity contribution is 6.00. The Morgan fingerprint density at radius 3 is 1.46 bits per heavy atom. The maximum atomic E-state index is 15.5. The van der Waals surface area contributed by atoms with Crippen molar-refractivity contribution in [1.29, 1.82) is 0 Å². The van der Waals surface area contributed by atoms with Crippen molar-refractivity contribution in [3.63, 3.8) is 0 Å². The number of carbonyl (C=O) groups excluding carboxylic acids is 12. The molecule has 25 nitrogen and oxygen atoms in total. The van der Waals surface area contributed by atoms with E-state index < -0.39 is 162 Å². The van der Waals surface area contributed by atoms with Crippen LogP contribution in [0.1, 0.15) is 137 Å². The Balaban J connectivity index is 1.66.